The van der Waals surface area contributed by atoms with Gasteiger partial charge in [0, 0.05) is 57.2 Å². The molecule has 2 aromatic rings. The van der Waals surface area contributed by atoms with Gasteiger partial charge in [0.05, 0.1) is 11.5 Å². The molecule has 174 valence electrons. The molecular weight excluding hydrogens is 462 g/mol. The van der Waals surface area contributed by atoms with Gasteiger partial charge in [0.25, 0.3) is 21.6 Å². The SMILES string of the molecule is COCCNc1ccc(C(=O)N2CCN(S(=O)(=O)c3sc(=O)[nH]c3C)CC2)cc1[N+](=O)[O-]. The number of piperazine rings is 1. The molecule has 0 aliphatic carbocycles. The molecule has 0 saturated carbocycles. The van der Waals surface area contributed by atoms with E-state index in [0.29, 0.717) is 24.5 Å². The maximum Gasteiger partial charge on any atom is 0.305 e. The smallest absolute Gasteiger partial charge is 0.305 e. The van der Waals surface area contributed by atoms with Crippen molar-refractivity contribution in [3.8, 4) is 0 Å². The van der Waals surface area contributed by atoms with Crippen LogP contribution in [0, 0.1) is 17.0 Å². The molecule has 1 aromatic heterocycles. The highest BCUT2D eigenvalue weighted by molar-refractivity contribution is 7.91. The number of hydrogen-bond acceptors (Lipinski definition) is 9. The predicted octanol–water partition coefficient (Wildman–Crippen LogP) is 0.858. The number of anilines is 1. The summed E-state index contributed by atoms with van der Waals surface area (Å²) in [6, 6.07) is 4.17. The van der Waals surface area contributed by atoms with Gasteiger partial charge in [0.2, 0.25) is 0 Å². The molecule has 1 aliphatic rings. The Bertz CT molecular complexity index is 1170. The first-order valence-electron chi connectivity index (χ1n) is 9.65. The standard InChI is InChI=1S/C18H23N5O7S2/c1-12-17(31-18(25)20-12)32(28,29)22-8-6-21(7-9-22)16(24)13-3-4-14(19-5-10-30-2)15(11-13)23(26)27/h3-4,11,19H,5-10H2,1-2H3,(H,20,25). The summed E-state index contributed by atoms with van der Waals surface area (Å²) in [6.07, 6.45) is 0. The molecule has 3 rings (SSSR count). The zero-order valence-electron chi connectivity index (χ0n) is 17.5. The number of carbonyl (C=O) groups excluding carboxylic acids is 1. The molecule has 1 aromatic carbocycles. The highest BCUT2D eigenvalue weighted by atomic mass is 32.2. The number of hydrogen-bond donors (Lipinski definition) is 2. The summed E-state index contributed by atoms with van der Waals surface area (Å²) >= 11 is 0.633. The summed E-state index contributed by atoms with van der Waals surface area (Å²) in [5.41, 5.74) is 0.474. The average molecular weight is 486 g/mol. The van der Waals surface area contributed by atoms with Gasteiger partial charge in [-0.15, -0.1) is 0 Å². The van der Waals surface area contributed by atoms with E-state index in [2.05, 4.69) is 10.3 Å². The second-order valence-corrected chi connectivity index (χ2v) is 10.1. The van der Waals surface area contributed by atoms with Crippen LogP contribution in [0.4, 0.5) is 11.4 Å². The summed E-state index contributed by atoms with van der Waals surface area (Å²) in [5.74, 6) is -0.420. The third-order valence-corrected chi connectivity index (χ3v) is 8.42. The van der Waals surface area contributed by atoms with E-state index in [4.69, 9.17) is 4.74 Å². The van der Waals surface area contributed by atoms with Crippen molar-refractivity contribution in [2.45, 2.75) is 11.1 Å². The molecule has 0 bridgehead atoms. The molecule has 1 aliphatic heterocycles. The maximum atomic E-state index is 12.9. The molecule has 32 heavy (non-hydrogen) atoms. The van der Waals surface area contributed by atoms with Crippen molar-refractivity contribution in [3.05, 3.63) is 49.2 Å². The van der Waals surface area contributed by atoms with Crippen molar-refractivity contribution in [1.29, 1.82) is 0 Å². The molecule has 1 amide bonds. The molecule has 1 fully saturated rings. The van der Waals surface area contributed by atoms with Gasteiger partial charge in [-0.3, -0.25) is 19.7 Å². The fraction of sp³-hybridized carbons (Fsp3) is 0.444. The number of benzene rings is 1. The number of nitrogens with zero attached hydrogens (tertiary/aromatic N) is 3. The lowest BCUT2D eigenvalue weighted by Crippen LogP contribution is -2.50. The van der Waals surface area contributed by atoms with Crippen molar-refractivity contribution < 1.29 is 22.9 Å². The van der Waals surface area contributed by atoms with E-state index >= 15 is 0 Å². The molecule has 2 N–H and O–H groups in total. The summed E-state index contributed by atoms with van der Waals surface area (Å²) in [7, 11) is -2.33. The number of nitrogens with one attached hydrogen (secondary N) is 2. The molecule has 12 nitrogen and oxygen atoms in total. The Balaban J connectivity index is 1.71. The molecule has 2 heterocycles. The Labute approximate surface area is 188 Å². The Morgan fingerprint density at radius 3 is 2.56 bits per heavy atom. The zero-order valence-corrected chi connectivity index (χ0v) is 19.1. The summed E-state index contributed by atoms with van der Waals surface area (Å²) in [6.45, 7) is 2.61. The molecule has 0 spiro atoms. The number of nitro groups is 1. The van der Waals surface area contributed by atoms with Gasteiger partial charge in [0.1, 0.15) is 5.69 Å². The second kappa shape index (κ2) is 9.77. The topological polar surface area (TPSA) is 155 Å². The Hall–Kier alpha value is -2.81. The minimum atomic E-state index is -3.85. The van der Waals surface area contributed by atoms with Gasteiger partial charge in [-0.2, -0.15) is 4.31 Å². The van der Waals surface area contributed by atoms with Crippen molar-refractivity contribution in [3.63, 3.8) is 0 Å². The number of aromatic amines is 1. The van der Waals surface area contributed by atoms with E-state index in [-0.39, 0.29) is 53.0 Å². The van der Waals surface area contributed by atoms with Crippen LogP contribution in [0.5, 0.6) is 0 Å². The molecular formula is C18H23N5O7S2. The van der Waals surface area contributed by atoms with Crippen molar-refractivity contribution >= 4 is 38.6 Å². The number of sulfonamides is 1. The van der Waals surface area contributed by atoms with Gasteiger partial charge in [-0.1, -0.05) is 11.3 Å². The van der Waals surface area contributed by atoms with Crippen LogP contribution in [0.3, 0.4) is 0 Å². The third kappa shape index (κ3) is 4.98. The van der Waals surface area contributed by atoms with Crippen LogP contribution >= 0.6 is 11.3 Å². The zero-order chi connectivity index (χ0) is 23.5. The molecule has 0 unspecified atom stereocenters. The molecule has 0 atom stereocenters. The molecule has 0 radical (unpaired) electrons. The summed E-state index contributed by atoms with van der Waals surface area (Å²) < 4.78 is 31.7. The van der Waals surface area contributed by atoms with Gasteiger partial charge in [-0.05, 0) is 19.1 Å². The number of amides is 1. The van der Waals surface area contributed by atoms with Crippen LogP contribution in [-0.2, 0) is 14.8 Å². The second-order valence-electron chi connectivity index (χ2n) is 7.03. The van der Waals surface area contributed by atoms with E-state index in [1.54, 1.807) is 0 Å². The summed E-state index contributed by atoms with van der Waals surface area (Å²) in [5, 5.41) is 14.3. The van der Waals surface area contributed by atoms with Gasteiger partial charge >= 0.3 is 4.87 Å². The monoisotopic (exact) mass is 485 g/mol. The van der Waals surface area contributed by atoms with E-state index in [1.165, 1.54) is 41.4 Å². The van der Waals surface area contributed by atoms with Gasteiger partial charge in [0.15, 0.2) is 4.21 Å². The van der Waals surface area contributed by atoms with Crippen molar-refractivity contribution in [1.82, 2.24) is 14.2 Å². The largest absolute Gasteiger partial charge is 0.383 e. The number of methoxy groups -OCH3 is 1. The Morgan fingerprint density at radius 1 is 1.31 bits per heavy atom. The lowest BCUT2D eigenvalue weighted by Gasteiger charge is -2.33. The van der Waals surface area contributed by atoms with E-state index in [1.807, 2.05) is 0 Å². The molecule has 14 heteroatoms. The maximum absolute atomic E-state index is 12.9. The normalized spacial score (nSPS) is 15.0. The first kappa shape index (κ1) is 23.8. The third-order valence-electron chi connectivity index (χ3n) is 4.94. The number of aryl methyl sites for hydroxylation is 1. The van der Waals surface area contributed by atoms with Gasteiger partial charge in [-0.25, -0.2) is 8.42 Å². The predicted molar refractivity (Wildman–Crippen MR) is 118 cm³/mol. The first-order chi connectivity index (χ1) is 15.1. The number of H-pyrrole nitrogens is 1. The summed E-state index contributed by atoms with van der Waals surface area (Å²) in [4.78, 5) is 38.7. The highest BCUT2D eigenvalue weighted by Crippen LogP contribution is 2.27. The van der Waals surface area contributed by atoms with Crippen LogP contribution in [0.25, 0.3) is 0 Å². The fourth-order valence-electron chi connectivity index (χ4n) is 3.32. The van der Waals surface area contributed by atoms with Crippen molar-refractivity contribution in [2.75, 3.05) is 51.8 Å². The average Bonchev–Trinajstić information content (AvgIpc) is 3.12. The quantitative estimate of drug-likeness (QED) is 0.317. The Kier molecular flexibility index (Phi) is 7.28. The minimum Gasteiger partial charge on any atom is -0.383 e. The van der Waals surface area contributed by atoms with Crippen LogP contribution in [-0.4, -0.2) is 79.9 Å². The lowest BCUT2D eigenvalue weighted by atomic mass is 10.1. The Morgan fingerprint density at radius 2 is 2.00 bits per heavy atom. The molecule has 1 saturated heterocycles. The van der Waals surface area contributed by atoms with Crippen LogP contribution < -0.4 is 10.2 Å². The van der Waals surface area contributed by atoms with Crippen LogP contribution in [0.2, 0.25) is 0 Å². The van der Waals surface area contributed by atoms with E-state index < -0.39 is 25.7 Å². The van der Waals surface area contributed by atoms with E-state index in [0.717, 1.165) is 0 Å². The number of aromatic nitrogens is 1. The number of ether oxygens (including phenoxy) is 1. The number of thiazole rings is 1. The highest BCUT2D eigenvalue weighted by Gasteiger charge is 2.33. The fourth-order valence-corrected chi connectivity index (χ4v) is 6.18. The van der Waals surface area contributed by atoms with Crippen molar-refractivity contribution in [2.24, 2.45) is 0 Å². The minimum absolute atomic E-state index is 0.0329. The lowest BCUT2D eigenvalue weighted by molar-refractivity contribution is -0.384. The van der Waals surface area contributed by atoms with Crippen LogP contribution in [0.15, 0.2) is 27.2 Å². The number of rotatable bonds is 8. The number of nitro benzene ring substituents is 1. The number of carbonyl (C=O) groups is 1. The van der Waals surface area contributed by atoms with Gasteiger partial charge < -0.3 is 19.9 Å². The first-order valence-corrected chi connectivity index (χ1v) is 11.9. The van der Waals surface area contributed by atoms with E-state index in [9.17, 15) is 28.1 Å². The van der Waals surface area contributed by atoms with Crippen LogP contribution in [0.1, 0.15) is 16.1 Å².